The minimum Gasteiger partial charge on any atom is -0.497 e. The quantitative estimate of drug-likeness (QED) is 0.714. The first-order chi connectivity index (χ1) is 6.83. The lowest BCUT2D eigenvalue weighted by molar-refractivity contribution is 0.342. The zero-order valence-corrected chi connectivity index (χ0v) is 8.54. The van der Waals surface area contributed by atoms with Crippen LogP contribution < -0.4 is 9.47 Å². The van der Waals surface area contributed by atoms with Gasteiger partial charge in [-0.25, -0.2) is 0 Å². The van der Waals surface area contributed by atoms with Crippen LogP contribution in [0.1, 0.15) is 18.9 Å². The monoisotopic (exact) mass is 190 g/mol. The summed E-state index contributed by atoms with van der Waals surface area (Å²) in [4.78, 5) is 0. The van der Waals surface area contributed by atoms with Crippen molar-refractivity contribution >= 4 is 6.08 Å². The van der Waals surface area contributed by atoms with Gasteiger partial charge in [0.05, 0.1) is 7.11 Å². The Labute approximate surface area is 84.2 Å². The topological polar surface area (TPSA) is 18.5 Å². The summed E-state index contributed by atoms with van der Waals surface area (Å²) in [6.07, 6.45) is 3.22. The van der Waals surface area contributed by atoms with Gasteiger partial charge < -0.3 is 9.47 Å². The molecule has 2 rings (SSSR count). The van der Waals surface area contributed by atoms with Crippen LogP contribution in [0.3, 0.4) is 0 Å². The zero-order valence-electron chi connectivity index (χ0n) is 8.54. The van der Waals surface area contributed by atoms with Crippen LogP contribution in [0.2, 0.25) is 0 Å². The van der Waals surface area contributed by atoms with E-state index >= 15 is 0 Å². The van der Waals surface area contributed by atoms with Crippen LogP contribution in [-0.4, -0.2) is 13.7 Å². The van der Waals surface area contributed by atoms with Gasteiger partial charge in [-0.1, -0.05) is 6.92 Å². The molecular formula is C12H14O2. The lowest BCUT2D eigenvalue weighted by Crippen LogP contribution is -2.06. The third-order valence-corrected chi connectivity index (χ3v) is 2.44. The summed E-state index contributed by atoms with van der Waals surface area (Å²) >= 11 is 0. The van der Waals surface area contributed by atoms with Gasteiger partial charge in [-0.05, 0) is 36.3 Å². The lowest BCUT2D eigenvalue weighted by atomic mass is 10.1. The van der Waals surface area contributed by atoms with Crippen molar-refractivity contribution in [2.75, 3.05) is 13.7 Å². The van der Waals surface area contributed by atoms with Crippen molar-refractivity contribution in [3.8, 4) is 11.5 Å². The summed E-state index contributed by atoms with van der Waals surface area (Å²) in [5.74, 6) is 1.82. The number of methoxy groups -OCH3 is 1. The molecule has 2 nitrogen and oxygen atoms in total. The fourth-order valence-electron chi connectivity index (χ4n) is 1.53. The molecule has 0 saturated carbocycles. The first-order valence-corrected chi connectivity index (χ1v) is 4.83. The van der Waals surface area contributed by atoms with Crippen LogP contribution in [0, 0.1) is 0 Å². The van der Waals surface area contributed by atoms with Crippen LogP contribution in [-0.2, 0) is 0 Å². The van der Waals surface area contributed by atoms with Gasteiger partial charge in [-0.15, -0.1) is 0 Å². The fourth-order valence-corrected chi connectivity index (χ4v) is 1.53. The zero-order chi connectivity index (χ0) is 9.97. The summed E-state index contributed by atoms with van der Waals surface area (Å²) in [5, 5.41) is 0. The van der Waals surface area contributed by atoms with E-state index in [9.17, 15) is 0 Å². The van der Waals surface area contributed by atoms with Gasteiger partial charge in [0.15, 0.2) is 0 Å². The third-order valence-electron chi connectivity index (χ3n) is 2.44. The molecule has 0 atom stereocenters. The summed E-state index contributed by atoms with van der Waals surface area (Å²) in [6, 6.07) is 5.88. The van der Waals surface area contributed by atoms with E-state index in [1.807, 2.05) is 18.2 Å². The Balaban J connectivity index is 2.39. The van der Waals surface area contributed by atoms with E-state index in [-0.39, 0.29) is 0 Å². The van der Waals surface area contributed by atoms with Crippen LogP contribution >= 0.6 is 0 Å². The fraction of sp³-hybridized carbons (Fsp3) is 0.333. The molecule has 0 saturated heterocycles. The molecule has 0 bridgehead atoms. The maximum atomic E-state index is 5.60. The van der Waals surface area contributed by atoms with Crippen molar-refractivity contribution in [3.63, 3.8) is 0 Å². The van der Waals surface area contributed by atoms with Crippen molar-refractivity contribution in [2.45, 2.75) is 13.3 Å². The van der Waals surface area contributed by atoms with Crippen LogP contribution in [0.4, 0.5) is 0 Å². The maximum absolute atomic E-state index is 5.60. The molecule has 0 aliphatic carbocycles. The van der Waals surface area contributed by atoms with Crippen molar-refractivity contribution < 1.29 is 9.47 Å². The molecule has 0 N–H and O–H groups in total. The Kier molecular flexibility index (Phi) is 2.44. The smallest absolute Gasteiger partial charge is 0.127 e. The average Bonchev–Trinajstić information content (AvgIpc) is 2.27. The van der Waals surface area contributed by atoms with E-state index < -0.39 is 0 Å². The highest BCUT2D eigenvalue weighted by molar-refractivity contribution is 5.63. The highest BCUT2D eigenvalue weighted by atomic mass is 16.5. The third kappa shape index (κ3) is 1.60. The van der Waals surface area contributed by atoms with Gasteiger partial charge in [0.25, 0.3) is 0 Å². The van der Waals surface area contributed by atoms with E-state index in [0.717, 1.165) is 30.1 Å². The SMILES string of the molecule is CCC1=Cc2cc(OC)ccc2OC1. The van der Waals surface area contributed by atoms with E-state index in [1.165, 1.54) is 5.57 Å². The van der Waals surface area contributed by atoms with Crippen LogP contribution in [0.15, 0.2) is 23.8 Å². The molecule has 1 aliphatic rings. The second kappa shape index (κ2) is 3.74. The Morgan fingerprint density at radius 3 is 3.00 bits per heavy atom. The van der Waals surface area contributed by atoms with Gasteiger partial charge in [-0.3, -0.25) is 0 Å². The highest BCUT2D eigenvalue weighted by Gasteiger charge is 2.10. The Morgan fingerprint density at radius 1 is 1.43 bits per heavy atom. The first kappa shape index (κ1) is 9.13. The lowest BCUT2D eigenvalue weighted by Gasteiger charge is -2.17. The maximum Gasteiger partial charge on any atom is 0.127 e. The summed E-state index contributed by atoms with van der Waals surface area (Å²) in [5.41, 5.74) is 2.44. The molecular weight excluding hydrogens is 176 g/mol. The second-order valence-electron chi connectivity index (χ2n) is 3.35. The van der Waals surface area contributed by atoms with Gasteiger partial charge in [0.1, 0.15) is 18.1 Å². The van der Waals surface area contributed by atoms with Crippen molar-refractivity contribution in [2.24, 2.45) is 0 Å². The van der Waals surface area contributed by atoms with E-state index in [2.05, 4.69) is 13.0 Å². The highest BCUT2D eigenvalue weighted by Crippen LogP contribution is 2.30. The molecule has 1 heterocycles. The van der Waals surface area contributed by atoms with Gasteiger partial charge in [-0.2, -0.15) is 0 Å². The number of hydrogen-bond donors (Lipinski definition) is 0. The number of rotatable bonds is 2. The molecule has 14 heavy (non-hydrogen) atoms. The predicted octanol–water partition coefficient (Wildman–Crippen LogP) is 2.88. The molecule has 0 fully saturated rings. The minimum atomic E-state index is 0.718. The van der Waals surface area contributed by atoms with Crippen LogP contribution in [0.5, 0.6) is 11.5 Å². The number of fused-ring (bicyclic) bond motifs is 1. The summed E-state index contributed by atoms with van der Waals surface area (Å²) < 4.78 is 10.8. The summed E-state index contributed by atoms with van der Waals surface area (Å²) in [6.45, 7) is 2.86. The van der Waals surface area contributed by atoms with E-state index in [0.29, 0.717) is 0 Å². The normalized spacial score (nSPS) is 14.0. The molecule has 1 aromatic carbocycles. The molecule has 2 heteroatoms. The van der Waals surface area contributed by atoms with Gasteiger partial charge in [0, 0.05) is 5.56 Å². The molecule has 1 aromatic rings. The molecule has 1 aliphatic heterocycles. The first-order valence-electron chi connectivity index (χ1n) is 4.83. The molecule has 0 aromatic heterocycles. The molecule has 0 unspecified atom stereocenters. The molecule has 0 radical (unpaired) electrons. The number of benzene rings is 1. The van der Waals surface area contributed by atoms with E-state index in [1.54, 1.807) is 7.11 Å². The largest absolute Gasteiger partial charge is 0.497 e. The van der Waals surface area contributed by atoms with Crippen molar-refractivity contribution in [1.29, 1.82) is 0 Å². The standard InChI is InChI=1S/C12H14O2/c1-3-9-6-10-7-11(13-2)4-5-12(10)14-8-9/h4-7H,3,8H2,1-2H3. The molecule has 74 valence electrons. The van der Waals surface area contributed by atoms with Gasteiger partial charge in [0.2, 0.25) is 0 Å². The predicted molar refractivity (Wildman–Crippen MR) is 56.8 cm³/mol. The average molecular weight is 190 g/mol. The van der Waals surface area contributed by atoms with E-state index in [4.69, 9.17) is 9.47 Å². The Morgan fingerprint density at radius 2 is 2.29 bits per heavy atom. The Bertz CT molecular complexity index is 367. The number of ether oxygens (including phenoxy) is 2. The number of hydrogen-bond acceptors (Lipinski definition) is 2. The Hall–Kier alpha value is -1.44. The van der Waals surface area contributed by atoms with Crippen molar-refractivity contribution in [1.82, 2.24) is 0 Å². The van der Waals surface area contributed by atoms with Crippen molar-refractivity contribution in [3.05, 3.63) is 29.3 Å². The molecule has 0 amide bonds. The minimum absolute atomic E-state index is 0.718. The molecule has 0 spiro atoms. The summed E-state index contributed by atoms with van der Waals surface area (Å²) in [7, 11) is 1.68. The van der Waals surface area contributed by atoms with Gasteiger partial charge >= 0.3 is 0 Å². The van der Waals surface area contributed by atoms with Crippen LogP contribution in [0.25, 0.3) is 6.08 Å². The second-order valence-corrected chi connectivity index (χ2v) is 3.35.